The molecule has 1 aliphatic carbocycles. The van der Waals surface area contributed by atoms with Gasteiger partial charge in [-0.2, -0.15) is 0 Å². The Morgan fingerprint density at radius 2 is 1.78 bits per heavy atom. The maximum absolute atomic E-state index is 12.7. The van der Waals surface area contributed by atoms with Crippen molar-refractivity contribution in [1.82, 2.24) is 4.72 Å². The van der Waals surface area contributed by atoms with Crippen LogP contribution in [0.25, 0.3) is 0 Å². The van der Waals surface area contributed by atoms with Gasteiger partial charge in [0.2, 0.25) is 10.0 Å². The molecule has 0 amide bonds. The number of aliphatic hydroxyl groups excluding tert-OH is 1. The first-order valence-electron chi connectivity index (χ1n) is 8.64. The Morgan fingerprint density at radius 3 is 2.35 bits per heavy atom. The van der Waals surface area contributed by atoms with Gasteiger partial charge in [0.15, 0.2) is 0 Å². The molecule has 0 saturated heterocycles. The summed E-state index contributed by atoms with van der Waals surface area (Å²) in [6.07, 6.45) is 6.33. The lowest BCUT2D eigenvalue weighted by Gasteiger charge is -2.34. The summed E-state index contributed by atoms with van der Waals surface area (Å²) in [7, 11) is -3.52. The van der Waals surface area contributed by atoms with E-state index < -0.39 is 10.0 Å². The first kappa shape index (κ1) is 18.4. The summed E-state index contributed by atoms with van der Waals surface area (Å²) in [5, 5.41) is 9.25. The van der Waals surface area contributed by atoms with Crippen molar-refractivity contribution in [2.45, 2.75) is 63.3 Å². The smallest absolute Gasteiger partial charge is 0.240 e. The molecule has 0 spiro atoms. The zero-order valence-electron chi connectivity index (χ0n) is 14.2. The molecule has 0 aliphatic heterocycles. The number of aliphatic hydroxyl groups is 1. The lowest BCUT2D eigenvalue weighted by atomic mass is 9.79. The van der Waals surface area contributed by atoms with Gasteiger partial charge in [-0.15, -0.1) is 0 Å². The number of hydrogen-bond donors (Lipinski definition) is 2. The fourth-order valence-corrected chi connectivity index (χ4v) is 4.93. The lowest BCUT2D eigenvalue weighted by Crippen LogP contribution is -2.45. The second-order valence-electron chi connectivity index (χ2n) is 6.85. The van der Waals surface area contributed by atoms with Gasteiger partial charge >= 0.3 is 0 Å². The van der Waals surface area contributed by atoms with Gasteiger partial charge in [-0.3, -0.25) is 0 Å². The summed E-state index contributed by atoms with van der Waals surface area (Å²) >= 11 is 0. The Bertz CT molecular complexity index is 577. The molecule has 0 bridgehead atoms. The molecule has 0 aromatic heterocycles. The summed E-state index contributed by atoms with van der Waals surface area (Å²) in [4.78, 5) is 0.320. The third-order valence-corrected chi connectivity index (χ3v) is 6.45. The number of nitrogens with one attached hydrogen (secondary N) is 1. The second kappa shape index (κ2) is 8.27. The van der Waals surface area contributed by atoms with Crippen molar-refractivity contribution in [1.29, 1.82) is 0 Å². The zero-order valence-corrected chi connectivity index (χ0v) is 15.0. The average molecular weight is 340 g/mol. The molecule has 1 aromatic rings. The number of hydrogen-bond acceptors (Lipinski definition) is 3. The summed E-state index contributed by atoms with van der Waals surface area (Å²) in [6.45, 7) is 4.07. The van der Waals surface area contributed by atoms with E-state index >= 15 is 0 Å². The standard InChI is InChI=1S/C18H29NO3S/c1-14-8-10-17(11-9-14)23(21,22)19-18(15(2)12-13-20)16-6-4-3-5-7-16/h8-11,15-16,18-20H,3-7,12-13H2,1-2H3. The SMILES string of the molecule is Cc1ccc(S(=O)(=O)NC(C(C)CCO)C2CCCCC2)cc1. The number of rotatable bonds is 7. The van der Waals surface area contributed by atoms with E-state index in [1.165, 1.54) is 19.3 Å². The van der Waals surface area contributed by atoms with Gasteiger partial charge in [0.25, 0.3) is 0 Å². The largest absolute Gasteiger partial charge is 0.396 e. The van der Waals surface area contributed by atoms with Gasteiger partial charge in [-0.05, 0) is 50.2 Å². The van der Waals surface area contributed by atoms with Crippen LogP contribution in [0.3, 0.4) is 0 Å². The quantitative estimate of drug-likeness (QED) is 0.801. The Morgan fingerprint density at radius 1 is 1.17 bits per heavy atom. The molecule has 2 N–H and O–H groups in total. The van der Waals surface area contributed by atoms with Crippen LogP contribution in [0, 0.1) is 18.8 Å². The monoisotopic (exact) mass is 339 g/mol. The lowest BCUT2D eigenvalue weighted by molar-refractivity contribution is 0.195. The minimum atomic E-state index is -3.52. The second-order valence-corrected chi connectivity index (χ2v) is 8.56. The van der Waals surface area contributed by atoms with Crippen molar-refractivity contribution in [2.75, 3.05) is 6.61 Å². The first-order chi connectivity index (χ1) is 10.9. The fraction of sp³-hybridized carbons (Fsp3) is 0.667. The van der Waals surface area contributed by atoms with E-state index in [1.54, 1.807) is 12.1 Å². The molecule has 23 heavy (non-hydrogen) atoms. The van der Waals surface area contributed by atoms with Gasteiger partial charge in [0.05, 0.1) is 4.90 Å². The molecule has 1 aliphatic rings. The maximum Gasteiger partial charge on any atom is 0.240 e. The molecular formula is C18H29NO3S. The van der Waals surface area contributed by atoms with Crippen LogP contribution in [0.1, 0.15) is 51.0 Å². The van der Waals surface area contributed by atoms with Gasteiger partial charge in [-0.1, -0.05) is 43.9 Å². The molecule has 2 atom stereocenters. The van der Waals surface area contributed by atoms with E-state index in [0.29, 0.717) is 17.2 Å². The highest BCUT2D eigenvalue weighted by Gasteiger charge is 2.31. The third-order valence-electron chi connectivity index (χ3n) is 4.98. The predicted molar refractivity (Wildman–Crippen MR) is 92.7 cm³/mol. The van der Waals surface area contributed by atoms with Crippen LogP contribution in [0.5, 0.6) is 0 Å². The molecule has 2 unspecified atom stereocenters. The molecule has 4 nitrogen and oxygen atoms in total. The van der Waals surface area contributed by atoms with Gasteiger partial charge in [-0.25, -0.2) is 13.1 Å². The molecule has 1 saturated carbocycles. The average Bonchev–Trinajstić information content (AvgIpc) is 2.54. The molecule has 1 aromatic carbocycles. The third kappa shape index (κ3) is 5.03. The maximum atomic E-state index is 12.7. The molecule has 5 heteroatoms. The summed E-state index contributed by atoms with van der Waals surface area (Å²) in [5.74, 6) is 0.494. The summed E-state index contributed by atoms with van der Waals surface area (Å²) in [5.41, 5.74) is 1.04. The van der Waals surface area contributed by atoms with Crippen molar-refractivity contribution < 1.29 is 13.5 Å². The van der Waals surface area contributed by atoms with Crippen molar-refractivity contribution in [3.8, 4) is 0 Å². The number of benzene rings is 1. The van der Waals surface area contributed by atoms with Crippen molar-refractivity contribution in [2.24, 2.45) is 11.8 Å². The van der Waals surface area contributed by atoms with Crippen LogP contribution in [0.15, 0.2) is 29.2 Å². The molecule has 1 fully saturated rings. The Kier molecular flexibility index (Phi) is 6.62. The van der Waals surface area contributed by atoms with E-state index in [-0.39, 0.29) is 18.6 Å². The van der Waals surface area contributed by atoms with Gasteiger partial charge in [0, 0.05) is 12.6 Å². The predicted octanol–water partition coefficient (Wildman–Crippen LogP) is 3.24. The zero-order chi connectivity index (χ0) is 16.9. The summed E-state index contributed by atoms with van der Waals surface area (Å²) < 4.78 is 28.4. The highest BCUT2D eigenvalue weighted by Crippen LogP contribution is 2.31. The highest BCUT2D eigenvalue weighted by molar-refractivity contribution is 7.89. The van der Waals surface area contributed by atoms with E-state index in [2.05, 4.69) is 4.72 Å². The van der Waals surface area contributed by atoms with E-state index in [1.807, 2.05) is 26.0 Å². The Hall–Kier alpha value is -0.910. The van der Waals surface area contributed by atoms with Crippen LogP contribution in [-0.2, 0) is 10.0 Å². The Labute approximate surface area is 140 Å². The van der Waals surface area contributed by atoms with E-state index in [0.717, 1.165) is 18.4 Å². The van der Waals surface area contributed by atoms with Crippen molar-refractivity contribution in [3.63, 3.8) is 0 Å². The van der Waals surface area contributed by atoms with Gasteiger partial charge < -0.3 is 5.11 Å². The van der Waals surface area contributed by atoms with E-state index in [4.69, 9.17) is 0 Å². The molecule has 2 rings (SSSR count). The fourth-order valence-electron chi connectivity index (χ4n) is 3.52. The molecular weight excluding hydrogens is 310 g/mol. The minimum absolute atomic E-state index is 0.0939. The highest BCUT2D eigenvalue weighted by atomic mass is 32.2. The van der Waals surface area contributed by atoms with Crippen molar-refractivity contribution in [3.05, 3.63) is 29.8 Å². The number of sulfonamides is 1. The van der Waals surface area contributed by atoms with Crippen LogP contribution in [0.2, 0.25) is 0 Å². The molecule has 130 valence electrons. The number of aryl methyl sites for hydroxylation is 1. The van der Waals surface area contributed by atoms with Crippen LogP contribution in [-0.4, -0.2) is 26.2 Å². The van der Waals surface area contributed by atoms with Crippen LogP contribution in [0.4, 0.5) is 0 Å². The first-order valence-corrected chi connectivity index (χ1v) is 10.1. The minimum Gasteiger partial charge on any atom is -0.396 e. The summed E-state index contributed by atoms with van der Waals surface area (Å²) in [6, 6.07) is 6.86. The van der Waals surface area contributed by atoms with Crippen molar-refractivity contribution >= 4 is 10.0 Å². The molecule has 0 heterocycles. The normalized spacial score (nSPS) is 19.4. The molecule has 0 radical (unpaired) electrons. The van der Waals surface area contributed by atoms with Crippen LogP contribution < -0.4 is 4.72 Å². The Balaban J connectivity index is 2.19. The van der Waals surface area contributed by atoms with Crippen LogP contribution >= 0.6 is 0 Å². The van der Waals surface area contributed by atoms with Gasteiger partial charge in [0.1, 0.15) is 0 Å². The topological polar surface area (TPSA) is 66.4 Å². The van der Waals surface area contributed by atoms with E-state index in [9.17, 15) is 13.5 Å².